The van der Waals surface area contributed by atoms with E-state index in [0.717, 1.165) is 46.6 Å². The van der Waals surface area contributed by atoms with E-state index in [4.69, 9.17) is 4.74 Å². The normalized spacial score (nSPS) is 15.5. The van der Waals surface area contributed by atoms with Crippen LogP contribution in [0.5, 0.6) is 5.75 Å². The van der Waals surface area contributed by atoms with E-state index in [9.17, 15) is 13.6 Å². The number of ether oxygens (including phenoxy) is 1. The van der Waals surface area contributed by atoms with Gasteiger partial charge in [-0.3, -0.25) is 9.79 Å². The first-order chi connectivity index (χ1) is 17.6. The maximum atomic E-state index is 13.7. The van der Waals surface area contributed by atoms with Gasteiger partial charge in [-0.15, -0.1) is 0 Å². The average Bonchev–Trinajstić information content (AvgIpc) is 3.17. The number of hydrogen-bond donors (Lipinski definition) is 1. The first-order valence-electron chi connectivity index (χ1n) is 12.9. The molecular weight excluding hydrogens is 472 g/mol. The zero-order valence-electron chi connectivity index (χ0n) is 22.1. The lowest BCUT2D eigenvalue weighted by molar-refractivity contribution is 0.0951. The van der Waals surface area contributed by atoms with Crippen LogP contribution >= 0.6 is 0 Å². The van der Waals surface area contributed by atoms with E-state index in [0.29, 0.717) is 36.1 Å². The number of benzene rings is 2. The number of fused-ring (bicyclic) bond motifs is 1. The highest BCUT2D eigenvalue weighted by Gasteiger charge is 2.26. The molecule has 0 fully saturated rings. The Kier molecular flexibility index (Phi) is 8.10. The van der Waals surface area contributed by atoms with Crippen LogP contribution in [-0.4, -0.2) is 23.3 Å². The van der Waals surface area contributed by atoms with Crippen LogP contribution in [0.15, 0.2) is 53.2 Å². The molecule has 37 heavy (non-hydrogen) atoms. The zero-order chi connectivity index (χ0) is 26.7. The molecule has 1 aromatic heterocycles. The summed E-state index contributed by atoms with van der Waals surface area (Å²) in [6, 6.07) is 9.46. The first kappa shape index (κ1) is 26.6. The number of carbonyl (C=O) groups is 1. The second kappa shape index (κ2) is 11.3. The van der Waals surface area contributed by atoms with E-state index < -0.39 is 11.6 Å². The van der Waals surface area contributed by atoms with Crippen LogP contribution in [0.25, 0.3) is 10.9 Å². The highest BCUT2D eigenvalue weighted by atomic mass is 19.2. The monoisotopic (exact) mass is 507 g/mol. The van der Waals surface area contributed by atoms with E-state index in [1.54, 1.807) is 0 Å². The molecule has 0 spiro atoms. The van der Waals surface area contributed by atoms with Gasteiger partial charge in [-0.25, -0.2) is 8.78 Å². The summed E-state index contributed by atoms with van der Waals surface area (Å²) in [6.07, 6.45) is 5.04. The molecule has 0 saturated heterocycles. The summed E-state index contributed by atoms with van der Waals surface area (Å²) in [7, 11) is 0. The zero-order valence-corrected chi connectivity index (χ0v) is 22.1. The number of aliphatic imine (C=N–C) groups is 1. The third-order valence-electron chi connectivity index (χ3n) is 6.40. The summed E-state index contributed by atoms with van der Waals surface area (Å²) in [5, 5.41) is 3.73. The van der Waals surface area contributed by atoms with E-state index in [-0.39, 0.29) is 18.4 Å². The van der Waals surface area contributed by atoms with Crippen molar-refractivity contribution in [1.29, 1.82) is 0 Å². The van der Waals surface area contributed by atoms with E-state index in [1.165, 1.54) is 6.07 Å². The quantitative estimate of drug-likeness (QED) is 0.339. The van der Waals surface area contributed by atoms with Gasteiger partial charge < -0.3 is 14.6 Å². The lowest BCUT2D eigenvalue weighted by atomic mass is 10.0. The topological polar surface area (TPSA) is 55.6 Å². The second-order valence-corrected chi connectivity index (χ2v) is 10.5. The smallest absolute Gasteiger partial charge is 0.254 e. The standard InChI is InChI=1S/C30H35F2N3O2/c1-18(2)17-37-23-7-8-24-27(14-23)35(16-22-12-20(5)10-11-33-22)29(19(3)4)28(24)30(36)34-15-21-6-9-25(31)26(32)13-21/h6-9,11-14,18-20H,10,15-17H2,1-5H3,(H,34,36). The number of aromatic nitrogens is 1. The van der Waals surface area contributed by atoms with Crippen molar-refractivity contribution in [1.82, 2.24) is 9.88 Å². The fourth-order valence-corrected chi connectivity index (χ4v) is 4.66. The Morgan fingerprint density at radius 2 is 1.92 bits per heavy atom. The van der Waals surface area contributed by atoms with E-state index >= 15 is 0 Å². The van der Waals surface area contributed by atoms with Crippen molar-refractivity contribution in [2.24, 2.45) is 16.8 Å². The number of allylic oxidation sites excluding steroid dienone is 2. The Bertz CT molecular complexity index is 1350. The molecule has 196 valence electrons. The van der Waals surface area contributed by atoms with Crippen molar-refractivity contribution >= 4 is 23.0 Å². The molecule has 1 aliphatic heterocycles. The van der Waals surface area contributed by atoms with Crippen LogP contribution in [0, 0.1) is 23.5 Å². The molecule has 1 unspecified atom stereocenters. The van der Waals surface area contributed by atoms with Gasteiger partial charge in [-0.1, -0.05) is 46.8 Å². The van der Waals surface area contributed by atoms with Gasteiger partial charge in [0.2, 0.25) is 0 Å². The molecule has 7 heteroatoms. The largest absolute Gasteiger partial charge is 0.493 e. The fourth-order valence-electron chi connectivity index (χ4n) is 4.66. The number of amides is 1. The predicted molar refractivity (Wildman–Crippen MR) is 144 cm³/mol. The second-order valence-electron chi connectivity index (χ2n) is 10.5. The summed E-state index contributed by atoms with van der Waals surface area (Å²) in [5.41, 5.74) is 3.82. The highest BCUT2D eigenvalue weighted by Crippen LogP contribution is 2.35. The minimum Gasteiger partial charge on any atom is -0.493 e. The predicted octanol–water partition coefficient (Wildman–Crippen LogP) is 7.00. The number of nitrogens with zero attached hydrogens (tertiary/aromatic N) is 2. The minimum absolute atomic E-state index is 0.0436. The lowest BCUT2D eigenvalue weighted by Gasteiger charge is -2.18. The van der Waals surface area contributed by atoms with Crippen LogP contribution in [0.2, 0.25) is 0 Å². The first-order valence-corrected chi connectivity index (χ1v) is 12.9. The molecule has 0 saturated carbocycles. The maximum Gasteiger partial charge on any atom is 0.254 e. The summed E-state index contributed by atoms with van der Waals surface area (Å²) in [5.74, 6) is -0.529. The molecule has 0 bridgehead atoms. The minimum atomic E-state index is -0.935. The number of halogens is 2. The SMILES string of the molecule is CC(C)COc1ccc2c(C(=O)NCc3ccc(F)c(F)c3)c(C(C)C)n(CC3=CC(C)CC=N3)c2c1. The molecule has 1 N–H and O–H groups in total. The lowest BCUT2D eigenvalue weighted by Crippen LogP contribution is -2.24. The fraction of sp³-hybridized carbons (Fsp3) is 0.400. The van der Waals surface area contributed by atoms with Crippen molar-refractivity contribution in [3.8, 4) is 5.75 Å². The Labute approximate surface area is 217 Å². The van der Waals surface area contributed by atoms with Gasteiger partial charge in [0.25, 0.3) is 5.91 Å². The van der Waals surface area contributed by atoms with Crippen LogP contribution < -0.4 is 10.1 Å². The molecule has 0 aliphatic carbocycles. The molecule has 5 nitrogen and oxygen atoms in total. The van der Waals surface area contributed by atoms with E-state index in [1.807, 2.05) is 24.4 Å². The van der Waals surface area contributed by atoms with Crippen LogP contribution in [0.4, 0.5) is 8.78 Å². The average molecular weight is 508 g/mol. The Hall–Kier alpha value is -3.48. The van der Waals surface area contributed by atoms with Gasteiger partial charge in [0.15, 0.2) is 11.6 Å². The van der Waals surface area contributed by atoms with Crippen LogP contribution in [-0.2, 0) is 13.1 Å². The van der Waals surface area contributed by atoms with Gasteiger partial charge in [0.1, 0.15) is 5.75 Å². The summed E-state index contributed by atoms with van der Waals surface area (Å²) >= 11 is 0. The molecule has 2 heterocycles. The molecule has 1 amide bonds. The number of carbonyl (C=O) groups excluding carboxylic acids is 1. The van der Waals surface area contributed by atoms with Gasteiger partial charge >= 0.3 is 0 Å². The molecule has 3 aromatic rings. The van der Waals surface area contributed by atoms with E-state index in [2.05, 4.69) is 55.6 Å². The van der Waals surface area contributed by atoms with Gasteiger partial charge in [0.05, 0.1) is 29.9 Å². The maximum absolute atomic E-state index is 13.7. The number of hydrogen-bond acceptors (Lipinski definition) is 3. The van der Waals surface area contributed by atoms with Crippen molar-refractivity contribution in [3.05, 3.63) is 76.6 Å². The van der Waals surface area contributed by atoms with Gasteiger partial charge in [-0.2, -0.15) is 0 Å². The van der Waals surface area contributed by atoms with Crippen molar-refractivity contribution in [2.45, 2.75) is 60.0 Å². The number of nitrogens with one attached hydrogen (secondary N) is 1. The molecular formula is C30H35F2N3O2. The number of rotatable bonds is 9. The molecule has 2 aromatic carbocycles. The van der Waals surface area contributed by atoms with Crippen LogP contribution in [0.3, 0.4) is 0 Å². The van der Waals surface area contributed by atoms with Crippen molar-refractivity contribution in [2.75, 3.05) is 6.61 Å². The third-order valence-corrected chi connectivity index (χ3v) is 6.40. The Morgan fingerprint density at radius 1 is 1.14 bits per heavy atom. The molecule has 0 radical (unpaired) electrons. The van der Waals surface area contributed by atoms with Crippen molar-refractivity contribution < 1.29 is 18.3 Å². The highest BCUT2D eigenvalue weighted by molar-refractivity contribution is 6.09. The Morgan fingerprint density at radius 3 is 2.59 bits per heavy atom. The summed E-state index contributed by atoms with van der Waals surface area (Å²) < 4.78 is 35.2. The molecule has 1 atom stereocenters. The molecule has 1 aliphatic rings. The van der Waals surface area contributed by atoms with Crippen LogP contribution in [0.1, 0.15) is 68.6 Å². The Balaban J connectivity index is 1.76. The van der Waals surface area contributed by atoms with Crippen molar-refractivity contribution in [3.63, 3.8) is 0 Å². The van der Waals surface area contributed by atoms with Gasteiger partial charge in [0, 0.05) is 29.9 Å². The molecule has 4 rings (SSSR count). The summed E-state index contributed by atoms with van der Waals surface area (Å²) in [6.45, 7) is 11.7. The van der Waals surface area contributed by atoms with Gasteiger partial charge in [-0.05, 0) is 54.0 Å². The third kappa shape index (κ3) is 6.09. The summed E-state index contributed by atoms with van der Waals surface area (Å²) in [4.78, 5) is 18.2.